The van der Waals surface area contributed by atoms with Gasteiger partial charge in [0.2, 0.25) is 0 Å². The second-order valence-electron chi connectivity index (χ2n) is 2.15. The summed E-state index contributed by atoms with van der Waals surface area (Å²) in [6.45, 7) is 6.59. The Labute approximate surface area is 56.7 Å². The minimum Gasteiger partial charge on any atom is -0.198 e. The monoisotopic (exact) mass is 126 g/mol. The maximum absolute atomic E-state index is 3.87. The Morgan fingerprint density at radius 3 is 2.78 bits per heavy atom. The van der Waals surface area contributed by atoms with E-state index >= 15 is 0 Å². The maximum atomic E-state index is 3.87. The molecular formula is C7H14N2. The van der Waals surface area contributed by atoms with Crippen molar-refractivity contribution in [3.63, 3.8) is 0 Å². The summed E-state index contributed by atoms with van der Waals surface area (Å²) in [7, 11) is 1.70. The molecule has 0 saturated heterocycles. The van der Waals surface area contributed by atoms with Gasteiger partial charge in [-0.3, -0.25) is 0 Å². The van der Waals surface area contributed by atoms with E-state index in [9.17, 15) is 0 Å². The van der Waals surface area contributed by atoms with Crippen LogP contribution in [-0.2, 0) is 0 Å². The first-order valence-electron chi connectivity index (χ1n) is 3.17. The third kappa shape index (κ3) is 5.21. The quantitative estimate of drug-likeness (QED) is 0.408. The Hall–Kier alpha value is -0.660. The van der Waals surface area contributed by atoms with Gasteiger partial charge in [-0.15, -0.1) is 6.58 Å². The van der Waals surface area contributed by atoms with E-state index in [2.05, 4.69) is 23.7 Å². The fourth-order valence-electron chi connectivity index (χ4n) is 0.580. The molecule has 0 rings (SSSR count). The largest absolute Gasteiger partial charge is 0.198 e. The Kier molecular flexibility index (Phi) is 5.07. The third-order valence-electron chi connectivity index (χ3n) is 1.10. The molecule has 0 N–H and O–H groups in total. The number of azo groups is 1. The van der Waals surface area contributed by atoms with Gasteiger partial charge in [-0.25, -0.2) is 0 Å². The summed E-state index contributed by atoms with van der Waals surface area (Å²) in [6, 6.07) is 0. The lowest BCUT2D eigenvalue weighted by Gasteiger charge is -2.00. The first-order chi connectivity index (χ1) is 4.31. The Bertz CT molecular complexity index is 97.1. The predicted octanol–water partition coefficient (Wildman–Crippen LogP) is 2.28. The van der Waals surface area contributed by atoms with Gasteiger partial charge >= 0.3 is 0 Å². The number of allylic oxidation sites excluding steroid dienone is 1. The van der Waals surface area contributed by atoms with Crippen LogP contribution < -0.4 is 0 Å². The highest BCUT2D eigenvalue weighted by atomic mass is 15.1. The van der Waals surface area contributed by atoms with Crippen molar-refractivity contribution in [2.45, 2.75) is 13.3 Å². The molecule has 0 spiro atoms. The van der Waals surface area contributed by atoms with E-state index in [-0.39, 0.29) is 0 Å². The molecule has 0 heterocycles. The normalized spacial score (nSPS) is 14.0. The summed E-state index contributed by atoms with van der Waals surface area (Å²) < 4.78 is 0. The van der Waals surface area contributed by atoms with E-state index in [1.807, 2.05) is 6.08 Å². The number of nitrogens with zero attached hydrogens (tertiary/aromatic N) is 2. The van der Waals surface area contributed by atoms with E-state index in [0.29, 0.717) is 5.92 Å². The molecule has 52 valence electrons. The van der Waals surface area contributed by atoms with Gasteiger partial charge in [0.05, 0.1) is 6.54 Å². The van der Waals surface area contributed by atoms with Gasteiger partial charge in [0.1, 0.15) is 0 Å². The molecule has 2 nitrogen and oxygen atoms in total. The molecule has 0 radical (unpaired) electrons. The number of hydrogen-bond acceptors (Lipinski definition) is 2. The first-order valence-corrected chi connectivity index (χ1v) is 3.17. The SMILES string of the molecule is C=CCC(C)CN=NC. The molecule has 0 aromatic rings. The maximum Gasteiger partial charge on any atom is 0.0627 e. The molecule has 9 heavy (non-hydrogen) atoms. The van der Waals surface area contributed by atoms with Crippen molar-refractivity contribution in [3.05, 3.63) is 12.7 Å². The first kappa shape index (κ1) is 8.34. The summed E-state index contributed by atoms with van der Waals surface area (Å²) in [4.78, 5) is 0. The fraction of sp³-hybridized carbons (Fsp3) is 0.714. The standard InChI is InChI=1S/C7H14N2/c1-4-5-7(2)6-9-8-3/h4,7H,1,5-6H2,2-3H3. The highest BCUT2D eigenvalue weighted by Crippen LogP contribution is 2.01. The smallest absolute Gasteiger partial charge is 0.0627 e. The van der Waals surface area contributed by atoms with Crippen LogP contribution in [-0.4, -0.2) is 13.6 Å². The van der Waals surface area contributed by atoms with Crippen LogP contribution in [0.3, 0.4) is 0 Å². The number of hydrogen-bond donors (Lipinski definition) is 0. The van der Waals surface area contributed by atoms with Gasteiger partial charge < -0.3 is 0 Å². The van der Waals surface area contributed by atoms with Crippen LogP contribution >= 0.6 is 0 Å². The van der Waals surface area contributed by atoms with Crippen molar-refractivity contribution in [1.82, 2.24) is 0 Å². The van der Waals surface area contributed by atoms with Crippen molar-refractivity contribution in [1.29, 1.82) is 0 Å². The zero-order valence-electron chi connectivity index (χ0n) is 6.17. The summed E-state index contributed by atoms with van der Waals surface area (Å²) in [5, 5.41) is 7.52. The summed E-state index contributed by atoms with van der Waals surface area (Å²) >= 11 is 0. The zero-order valence-corrected chi connectivity index (χ0v) is 6.17. The van der Waals surface area contributed by atoms with Crippen molar-refractivity contribution in [2.75, 3.05) is 13.6 Å². The van der Waals surface area contributed by atoms with Gasteiger partial charge in [-0.05, 0) is 12.3 Å². The van der Waals surface area contributed by atoms with Crippen LogP contribution in [0.25, 0.3) is 0 Å². The average molecular weight is 126 g/mol. The lowest BCUT2D eigenvalue weighted by atomic mass is 10.1. The highest BCUT2D eigenvalue weighted by Gasteiger charge is 1.94. The van der Waals surface area contributed by atoms with E-state index in [4.69, 9.17) is 0 Å². The molecule has 0 amide bonds. The second-order valence-corrected chi connectivity index (χ2v) is 2.15. The Balaban J connectivity index is 3.25. The van der Waals surface area contributed by atoms with Crippen LogP contribution in [0.4, 0.5) is 0 Å². The molecule has 0 aliphatic heterocycles. The summed E-state index contributed by atoms with van der Waals surface area (Å²) in [6.07, 6.45) is 2.94. The predicted molar refractivity (Wildman–Crippen MR) is 39.6 cm³/mol. The van der Waals surface area contributed by atoms with E-state index in [1.54, 1.807) is 7.05 Å². The molecule has 0 aromatic heterocycles. The van der Waals surface area contributed by atoms with Crippen molar-refractivity contribution >= 4 is 0 Å². The lowest BCUT2D eigenvalue weighted by molar-refractivity contribution is 0.592. The average Bonchev–Trinajstić information content (AvgIpc) is 1.85. The minimum absolute atomic E-state index is 0.589. The molecule has 2 heteroatoms. The number of rotatable bonds is 4. The van der Waals surface area contributed by atoms with Crippen LogP contribution in [0, 0.1) is 5.92 Å². The molecule has 1 atom stereocenters. The van der Waals surface area contributed by atoms with Crippen LogP contribution in [0.1, 0.15) is 13.3 Å². The van der Waals surface area contributed by atoms with Crippen LogP contribution in [0.15, 0.2) is 22.9 Å². The van der Waals surface area contributed by atoms with Crippen LogP contribution in [0.2, 0.25) is 0 Å². The molecule has 0 aromatic carbocycles. The third-order valence-corrected chi connectivity index (χ3v) is 1.10. The Morgan fingerprint density at radius 2 is 2.33 bits per heavy atom. The molecule has 1 unspecified atom stereocenters. The Morgan fingerprint density at radius 1 is 1.67 bits per heavy atom. The highest BCUT2D eigenvalue weighted by molar-refractivity contribution is 4.70. The van der Waals surface area contributed by atoms with Gasteiger partial charge in [-0.2, -0.15) is 10.2 Å². The van der Waals surface area contributed by atoms with Crippen molar-refractivity contribution < 1.29 is 0 Å². The molecule has 0 bridgehead atoms. The summed E-state index contributed by atoms with van der Waals surface area (Å²) in [5.41, 5.74) is 0. The van der Waals surface area contributed by atoms with Gasteiger partial charge in [-0.1, -0.05) is 13.0 Å². The van der Waals surface area contributed by atoms with Crippen LogP contribution in [0.5, 0.6) is 0 Å². The van der Waals surface area contributed by atoms with E-state index in [0.717, 1.165) is 13.0 Å². The minimum atomic E-state index is 0.589. The van der Waals surface area contributed by atoms with Gasteiger partial charge in [0, 0.05) is 7.05 Å². The molecule has 0 saturated carbocycles. The lowest BCUT2D eigenvalue weighted by Crippen LogP contribution is -1.95. The second kappa shape index (κ2) is 5.48. The van der Waals surface area contributed by atoms with Crippen molar-refractivity contribution in [2.24, 2.45) is 16.1 Å². The molecular weight excluding hydrogens is 112 g/mol. The van der Waals surface area contributed by atoms with E-state index in [1.165, 1.54) is 0 Å². The topological polar surface area (TPSA) is 24.7 Å². The van der Waals surface area contributed by atoms with Gasteiger partial charge in [0.15, 0.2) is 0 Å². The molecule has 0 aliphatic rings. The summed E-state index contributed by atoms with van der Waals surface area (Å²) in [5.74, 6) is 0.589. The fourth-order valence-corrected chi connectivity index (χ4v) is 0.580. The zero-order chi connectivity index (χ0) is 7.11. The van der Waals surface area contributed by atoms with Gasteiger partial charge in [0.25, 0.3) is 0 Å². The molecule has 0 fully saturated rings. The van der Waals surface area contributed by atoms with E-state index < -0.39 is 0 Å². The molecule has 0 aliphatic carbocycles. The van der Waals surface area contributed by atoms with Crippen molar-refractivity contribution in [3.8, 4) is 0 Å².